The summed E-state index contributed by atoms with van der Waals surface area (Å²) >= 11 is 0. The zero-order chi connectivity index (χ0) is 16.6. The van der Waals surface area contributed by atoms with Gasteiger partial charge in [-0.15, -0.1) is 0 Å². The monoisotopic (exact) mass is 323 g/mol. The van der Waals surface area contributed by atoms with Crippen LogP contribution < -0.4 is 5.32 Å². The van der Waals surface area contributed by atoms with Crippen molar-refractivity contribution in [2.24, 2.45) is 0 Å². The van der Waals surface area contributed by atoms with E-state index in [1.807, 2.05) is 24.3 Å². The molecule has 0 radical (unpaired) electrons. The van der Waals surface area contributed by atoms with Gasteiger partial charge in [0.05, 0.1) is 12.1 Å². The lowest BCUT2D eigenvalue weighted by Crippen LogP contribution is -2.56. The molecule has 0 aromatic heterocycles. The molecule has 4 heteroatoms. The van der Waals surface area contributed by atoms with Gasteiger partial charge in [-0.3, -0.25) is 0 Å². The highest BCUT2D eigenvalue weighted by atomic mass is 16.5. The molecule has 0 unspecified atom stereocenters. The summed E-state index contributed by atoms with van der Waals surface area (Å²) in [5.41, 5.74) is 4.36. The molecular weight excluding hydrogens is 302 g/mol. The maximum atomic E-state index is 12.1. The first kappa shape index (κ1) is 15.2. The van der Waals surface area contributed by atoms with Crippen LogP contribution >= 0.6 is 0 Å². The standard InChI is InChI=1S/C20H21NO3/c22-13-20(10-5-11-20)21-19(23)24-12-18-16-8-3-1-6-14(16)15-7-2-4-9-17(15)18/h1-4,6-9,18,22H,5,10-13H2,(H,21,23). The Hall–Kier alpha value is -2.33. The van der Waals surface area contributed by atoms with Gasteiger partial charge in [0.1, 0.15) is 6.61 Å². The van der Waals surface area contributed by atoms with E-state index in [9.17, 15) is 9.90 Å². The molecule has 0 bridgehead atoms. The largest absolute Gasteiger partial charge is 0.449 e. The van der Waals surface area contributed by atoms with Crippen LogP contribution in [0.15, 0.2) is 48.5 Å². The molecule has 0 atom stereocenters. The fraction of sp³-hybridized carbons (Fsp3) is 0.350. The Morgan fingerprint density at radius 1 is 1.08 bits per heavy atom. The highest BCUT2D eigenvalue weighted by Crippen LogP contribution is 2.44. The van der Waals surface area contributed by atoms with Crippen LogP contribution in [0.4, 0.5) is 4.79 Å². The van der Waals surface area contributed by atoms with Gasteiger partial charge < -0.3 is 15.2 Å². The second kappa shape index (κ2) is 5.95. The molecular formula is C20H21NO3. The minimum atomic E-state index is -0.470. The normalized spacial score (nSPS) is 17.5. The summed E-state index contributed by atoms with van der Waals surface area (Å²) in [6.07, 6.45) is 2.22. The fourth-order valence-electron chi connectivity index (χ4n) is 3.78. The van der Waals surface area contributed by atoms with Crippen LogP contribution in [0, 0.1) is 0 Å². The van der Waals surface area contributed by atoms with E-state index < -0.39 is 11.6 Å². The molecule has 0 saturated heterocycles. The first-order valence-corrected chi connectivity index (χ1v) is 8.46. The number of rotatable bonds is 4. The zero-order valence-electron chi connectivity index (χ0n) is 13.5. The van der Waals surface area contributed by atoms with Gasteiger partial charge >= 0.3 is 6.09 Å². The van der Waals surface area contributed by atoms with Crippen molar-refractivity contribution in [1.82, 2.24) is 5.32 Å². The topological polar surface area (TPSA) is 58.6 Å². The molecule has 2 aliphatic carbocycles. The first-order valence-electron chi connectivity index (χ1n) is 8.46. The molecule has 1 saturated carbocycles. The predicted molar refractivity (Wildman–Crippen MR) is 91.9 cm³/mol. The number of carbonyl (C=O) groups excluding carboxylic acids is 1. The van der Waals surface area contributed by atoms with Crippen molar-refractivity contribution >= 4 is 6.09 Å². The third-order valence-corrected chi connectivity index (χ3v) is 5.32. The van der Waals surface area contributed by atoms with Gasteiger partial charge in [-0.2, -0.15) is 0 Å². The minimum Gasteiger partial charge on any atom is -0.449 e. The highest BCUT2D eigenvalue weighted by molar-refractivity contribution is 5.79. The predicted octanol–water partition coefficient (Wildman–Crippen LogP) is 3.44. The third kappa shape index (κ3) is 2.47. The fourth-order valence-corrected chi connectivity index (χ4v) is 3.78. The van der Waals surface area contributed by atoms with Crippen LogP contribution in [0.1, 0.15) is 36.3 Å². The Morgan fingerprint density at radius 2 is 1.67 bits per heavy atom. The molecule has 1 fully saturated rings. The van der Waals surface area contributed by atoms with E-state index in [1.54, 1.807) is 0 Å². The molecule has 4 rings (SSSR count). The zero-order valence-corrected chi connectivity index (χ0v) is 13.5. The summed E-state index contributed by atoms with van der Waals surface area (Å²) in [7, 11) is 0. The molecule has 24 heavy (non-hydrogen) atoms. The smallest absolute Gasteiger partial charge is 0.407 e. The van der Waals surface area contributed by atoms with Crippen molar-refractivity contribution in [1.29, 1.82) is 0 Å². The number of amides is 1. The summed E-state index contributed by atoms with van der Waals surface area (Å²) in [4.78, 5) is 12.1. The van der Waals surface area contributed by atoms with Crippen LogP contribution in [0.3, 0.4) is 0 Å². The van der Waals surface area contributed by atoms with Gasteiger partial charge in [-0.25, -0.2) is 4.79 Å². The van der Waals surface area contributed by atoms with Gasteiger partial charge in [0.15, 0.2) is 0 Å². The van der Waals surface area contributed by atoms with Gasteiger partial charge in [-0.1, -0.05) is 48.5 Å². The summed E-state index contributed by atoms with van der Waals surface area (Å²) in [6, 6.07) is 16.5. The van der Waals surface area contributed by atoms with Crippen LogP contribution in [0.25, 0.3) is 11.1 Å². The van der Waals surface area contributed by atoms with Crippen molar-refractivity contribution in [2.45, 2.75) is 30.7 Å². The second-order valence-electron chi connectivity index (χ2n) is 6.74. The molecule has 1 amide bonds. The SMILES string of the molecule is O=C(NC1(CO)CCC1)OCC1c2ccccc2-c2ccccc21. The van der Waals surface area contributed by atoms with E-state index in [4.69, 9.17) is 4.74 Å². The number of fused-ring (bicyclic) bond motifs is 3. The number of aliphatic hydroxyl groups is 1. The Labute approximate surface area is 141 Å². The molecule has 0 heterocycles. The van der Waals surface area contributed by atoms with E-state index in [1.165, 1.54) is 22.3 Å². The van der Waals surface area contributed by atoms with Gasteiger partial charge in [0.2, 0.25) is 0 Å². The molecule has 2 aliphatic rings. The van der Waals surface area contributed by atoms with Crippen molar-refractivity contribution in [3.8, 4) is 11.1 Å². The molecule has 4 nitrogen and oxygen atoms in total. The van der Waals surface area contributed by atoms with Crippen LogP contribution in [0.5, 0.6) is 0 Å². The highest BCUT2D eigenvalue weighted by Gasteiger charge is 2.38. The Kier molecular flexibility index (Phi) is 3.77. The second-order valence-corrected chi connectivity index (χ2v) is 6.74. The van der Waals surface area contributed by atoms with E-state index in [-0.39, 0.29) is 12.5 Å². The first-order chi connectivity index (χ1) is 11.7. The number of hydrogen-bond acceptors (Lipinski definition) is 3. The molecule has 2 aromatic rings. The number of hydrogen-bond donors (Lipinski definition) is 2. The van der Waals surface area contributed by atoms with E-state index >= 15 is 0 Å². The van der Waals surface area contributed by atoms with Crippen molar-refractivity contribution < 1.29 is 14.6 Å². The van der Waals surface area contributed by atoms with E-state index in [2.05, 4.69) is 29.6 Å². The lowest BCUT2D eigenvalue weighted by Gasteiger charge is -2.40. The van der Waals surface area contributed by atoms with Gasteiger partial charge in [0, 0.05) is 5.92 Å². The maximum Gasteiger partial charge on any atom is 0.407 e. The number of benzene rings is 2. The quantitative estimate of drug-likeness (QED) is 0.906. The van der Waals surface area contributed by atoms with Crippen molar-refractivity contribution in [3.05, 3.63) is 59.7 Å². The Bertz CT molecular complexity index is 716. The molecule has 0 spiro atoms. The van der Waals surface area contributed by atoms with Crippen LogP contribution in [-0.4, -0.2) is 30.0 Å². The van der Waals surface area contributed by atoms with Crippen LogP contribution in [-0.2, 0) is 4.74 Å². The molecule has 0 aliphatic heterocycles. The lowest BCUT2D eigenvalue weighted by atomic mass is 9.77. The van der Waals surface area contributed by atoms with E-state index in [0.29, 0.717) is 6.61 Å². The summed E-state index contributed by atoms with van der Waals surface area (Å²) in [5, 5.41) is 12.3. The summed E-state index contributed by atoms with van der Waals surface area (Å²) in [6.45, 7) is 0.276. The van der Waals surface area contributed by atoms with Crippen molar-refractivity contribution in [3.63, 3.8) is 0 Å². The molecule has 124 valence electrons. The number of ether oxygens (including phenoxy) is 1. The van der Waals surface area contributed by atoms with E-state index in [0.717, 1.165) is 19.3 Å². The van der Waals surface area contributed by atoms with Crippen LogP contribution in [0.2, 0.25) is 0 Å². The van der Waals surface area contributed by atoms with Gasteiger partial charge in [-0.05, 0) is 41.5 Å². The van der Waals surface area contributed by atoms with Gasteiger partial charge in [0.25, 0.3) is 0 Å². The summed E-state index contributed by atoms with van der Waals surface area (Å²) < 4.78 is 5.51. The average molecular weight is 323 g/mol. The number of alkyl carbamates (subject to hydrolysis) is 1. The van der Waals surface area contributed by atoms with Crippen molar-refractivity contribution in [2.75, 3.05) is 13.2 Å². The Balaban J connectivity index is 1.50. The minimum absolute atomic E-state index is 0.0306. The lowest BCUT2D eigenvalue weighted by molar-refractivity contribution is 0.0704. The third-order valence-electron chi connectivity index (χ3n) is 5.32. The summed E-state index contributed by atoms with van der Waals surface area (Å²) in [5.74, 6) is 0.0645. The average Bonchev–Trinajstić information content (AvgIpc) is 2.90. The number of carbonyl (C=O) groups is 1. The maximum absolute atomic E-state index is 12.1. The molecule has 2 N–H and O–H groups in total. The number of aliphatic hydroxyl groups excluding tert-OH is 1. The molecule has 2 aromatic carbocycles. The number of nitrogens with one attached hydrogen (secondary N) is 1. The Morgan fingerprint density at radius 3 is 2.17 bits per heavy atom.